The summed E-state index contributed by atoms with van der Waals surface area (Å²) in [5.41, 5.74) is 2.15. The van der Waals surface area contributed by atoms with E-state index < -0.39 is 0 Å². The van der Waals surface area contributed by atoms with Gasteiger partial charge in [-0.25, -0.2) is 0 Å². The SMILES string of the molecule is Cc1cc(C(=O)N(C)C2C[C@H]3CC(O)C[C@H]3C2)c2cccc(Cl)c2n1. The van der Waals surface area contributed by atoms with Gasteiger partial charge in [0.25, 0.3) is 5.91 Å². The first-order valence-electron chi connectivity index (χ1n) is 8.95. The van der Waals surface area contributed by atoms with Gasteiger partial charge in [0.05, 0.1) is 22.2 Å². The summed E-state index contributed by atoms with van der Waals surface area (Å²) in [7, 11) is 1.90. The van der Waals surface area contributed by atoms with E-state index in [9.17, 15) is 9.90 Å². The topological polar surface area (TPSA) is 53.4 Å². The number of carbonyl (C=O) groups excluding carboxylic acids is 1. The standard InChI is InChI=1S/C20H23ClN2O2/c1-11-6-17(16-4-3-5-18(21)19(16)22-11)20(25)23(2)14-7-12-9-15(24)10-13(12)8-14/h3-6,12-15,24H,7-10H2,1-2H3/t12-,13+,14?,15?. The fraction of sp³-hybridized carbons (Fsp3) is 0.500. The molecule has 0 aliphatic heterocycles. The lowest BCUT2D eigenvalue weighted by molar-refractivity contribution is 0.0724. The Morgan fingerprint density at radius 2 is 1.92 bits per heavy atom. The number of halogens is 1. The Hall–Kier alpha value is -1.65. The second-order valence-electron chi connectivity index (χ2n) is 7.63. The smallest absolute Gasteiger partial charge is 0.254 e. The molecule has 2 aliphatic rings. The summed E-state index contributed by atoms with van der Waals surface area (Å²) in [5.74, 6) is 1.14. The van der Waals surface area contributed by atoms with Crippen molar-refractivity contribution < 1.29 is 9.90 Å². The third-order valence-electron chi connectivity index (χ3n) is 5.98. The molecule has 2 aromatic rings. The number of aliphatic hydroxyl groups excluding tert-OH is 1. The van der Waals surface area contributed by atoms with E-state index in [1.165, 1.54) is 0 Å². The number of benzene rings is 1. The number of carbonyl (C=O) groups is 1. The third kappa shape index (κ3) is 2.91. The van der Waals surface area contributed by atoms with Crippen LogP contribution in [0.25, 0.3) is 10.9 Å². The van der Waals surface area contributed by atoms with Crippen LogP contribution < -0.4 is 0 Å². The van der Waals surface area contributed by atoms with Crippen LogP contribution in [0.5, 0.6) is 0 Å². The summed E-state index contributed by atoms with van der Waals surface area (Å²) in [6, 6.07) is 7.68. The lowest BCUT2D eigenvalue weighted by atomic mass is 10.0. The minimum absolute atomic E-state index is 0.0308. The second kappa shape index (κ2) is 6.26. The fourth-order valence-corrected chi connectivity index (χ4v) is 4.96. The quantitative estimate of drug-likeness (QED) is 0.887. The van der Waals surface area contributed by atoms with Crippen LogP contribution >= 0.6 is 11.6 Å². The first-order chi connectivity index (χ1) is 11.9. The molecule has 2 aliphatic carbocycles. The summed E-state index contributed by atoms with van der Waals surface area (Å²) in [4.78, 5) is 19.6. The predicted molar refractivity (Wildman–Crippen MR) is 98.8 cm³/mol. The van der Waals surface area contributed by atoms with Crippen LogP contribution in [0.4, 0.5) is 0 Å². The van der Waals surface area contributed by atoms with Crippen LogP contribution in [0.15, 0.2) is 24.3 Å². The number of hydrogen-bond donors (Lipinski definition) is 1. The molecule has 0 saturated heterocycles. The molecule has 132 valence electrons. The fourth-order valence-electron chi connectivity index (χ4n) is 4.74. The highest BCUT2D eigenvalue weighted by Crippen LogP contribution is 2.45. The second-order valence-corrected chi connectivity index (χ2v) is 8.04. The highest BCUT2D eigenvalue weighted by atomic mass is 35.5. The number of fused-ring (bicyclic) bond motifs is 2. The maximum Gasteiger partial charge on any atom is 0.254 e. The number of aryl methyl sites for hydroxylation is 1. The lowest BCUT2D eigenvalue weighted by Gasteiger charge is -2.26. The molecule has 1 amide bonds. The van der Waals surface area contributed by atoms with Gasteiger partial charge in [-0.05, 0) is 56.6 Å². The Labute approximate surface area is 152 Å². The normalized spacial score (nSPS) is 28.3. The van der Waals surface area contributed by atoms with Crippen LogP contribution in [0.1, 0.15) is 41.7 Å². The number of amides is 1. The zero-order chi connectivity index (χ0) is 17.7. The molecule has 4 rings (SSSR count). The van der Waals surface area contributed by atoms with Crippen LogP contribution in [0.3, 0.4) is 0 Å². The molecule has 1 N–H and O–H groups in total. The van der Waals surface area contributed by atoms with Gasteiger partial charge in [-0.2, -0.15) is 0 Å². The molecule has 0 radical (unpaired) electrons. The van der Waals surface area contributed by atoms with E-state index in [1.807, 2.05) is 37.1 Å². The van der Waals surface area contributed by atoms with Crippen molar-refractivity contribution in [2.45, 2.75) is 44.8 Å². The van der Waals surface area contributed by atoms with Crippen molar-refractivity contribution in [2.75, 3.05) is 7.05 Å². The van der Waals surface area contributed by atoms with E-state index in [2.05, 4.69) is 4.98 Å². The lowest BCUT2D eigenvalue weighted by Crippen LogP contribution is -2.36. The van der Waals surface area contributed by atoms with Gasteiger partial charge in [0.15, 0.2) is 0 Å². The van der Waals surface area contributed by atoms with Crippen molar-refractivity contribution in [3.63, 3.8) is 0 Å². The van der Waals surface area contributed by atoms with Gasteiger partial charge < -0.3 is 10.0 Å². The maximum absolute atomic E-state index is 13.2. The molecule has 2 fully saturated rings. The molecule has 5 heteroatoms. The van der Waals surface area contributed by atoms with Gasteiger partial charge in [0, 0.05) is 24.2 Å². The van der Waals surface area contributed by atoms with Crippen LogP contribution in [0.2, 0.25) is 5.02 Å². The molecule has 2 saturated carbocycles. The van der Waals surface area contributed by atoms with Crippen molar-refractivity contribution in [1.82, 2.24) is 9.88 Å². The van der Waals surface area contributed by atoms with Crippen molar-refractivity contribution >= 4 is 28.4 Å². The molecule has 4 nitrogen and oxygen atoms in total. The summed E-state index contributed by atoms with van der Waals surface area (Å²) in [5, 5.41) is 11.2. The Kier molecular flexibility index (Phi) is 4.20. The minimum atomic E-state index is -0.147. The number of rotatable bonds is 2. The summed E-state index contributed by atoms with van der Waals surface area (Å²) in [6.45, 7) is 1.89. The third-order valence-corrected chi connectivity index (χ3v) is 6.29. The van der Waals surface area contributed by atoms with Gasteiger partial charge in [-0.3, -0.25) is 9.78 Å². The maximum atomic E-state index is 13.2. The zero-order valence-corrected chi connectivity index (χ0v) is 15.3. The number of para-hydroxylation sites is 1. The summed E-state index contributed by atoms with van der Waals surface area (Å²) in [6.07, 6.45) is 3.61. The Bertz CT molecular complexity index is 824. The number of pyridine rings is 1. The number of hydrogen-bond acceptors (Lipinski definition) is 3. The molecular weight excluding hydrogens is 336 g/mol. The average molecular weight is 359 g/mol. The number of aliphatic hydroxyl groups is 1. The predicted octanol–water partition coefficient (Wildman–Crippen LogP) is 3.82. The molecule has 0 bridgehead atoms. The van der Waals surface area contributed by atoms with E-state index in [0.29, 0.717) is 27.9 Å². The number of nitrogens with zero attached hydrogens (tertiary/aromatic N) is 2. The highest BCUT2D eigenvalue weighted by Gasteiger charge is 2.43. The minimum Gasteiger partial charge on any atom is -0.393 e. The molecule has 1 aromatic heterocycles. The first-order valence-corrected chi connectivity index (χ1v) is 9.33. The van der Waals surface area contributed by atoms with Crippen molar-refractivity contribution in [1.29, 1.82) is 0 Å². The van der Waals surface area contributed by atoms with E-state index in [1.54, 1.807) is 6.07 Å². The van der Waals surface area contributed by atoms with E-state index in [-0.39, 0.29) is 18.1 Å². The molecule has 0 spiro atoms. The molecule has 1 aromatic carbocycles. The van der Waals surface area contributed by atoms with Crippen molar-refractivity contribution in [3.8, 4) is 0 Å². The Morgan fingerprint density at radius 3 is 2.60 bits per heavy atom. The van der Waals surface area contributed by atoms with E-state index >= 15 is 0 Å². The summed E-state index contributed by atoms with van der Waals surface area (Å²) >= 11 is 6.28. The van der Waals surface area contributed by atoms with Crippen LogP contribution in [-0.2, 0) is 0 Å². The van der Waals surface area contributed by atoms with Gasteiger partial charge >= 0.3 is 0 Å². The largest absolute Gasteiger partial charge is 0.393 e. The van der Waals surface area contributed by atoms with Crippen LogP contribution in [-0.4, -0.2) is 40.1 Å². The molecule has 4 atom stereocenters. The Morgan fingerprint density at radius 1 is 1.24 bits per heavy atom. The molecule has 2 unspecified atom stereocenters. The van der Waals surface area contributed by atoms with E-state index in [0.717, 1.165) is 36.8 Å². The van der Waals surface area contributed by atoms with Crippen LogP contribution in [0, 0.1) is 18.8 Å². The monoisotopic (exact) mass is 358 g/mol. The van der Waals surface area contributed by atoms with Gasteiger partial charge in [0.1, 0.15) is 0 Å². The molecule has 25 heavy (non-hydrogen) atoms. The number of aromatic nitrogens is 1. The van der Waals surface area contributed by atoms with Gasteiger partial charge in [-0.1, -0.05) is 23.7 Å². The highest BCUT2D eigenvalue weighted by molar-refractivity contribution is 6.35. The van der Waals surface area contributed by atoms with E-state index in [4.69, 9.17) is 11.6 Å². The summed E-state index contributed by atoms with van der Waals surface area (Å²) < 4.78 is 0. The van der Waals surface area contributed by atoms with Gasteiger partial charge in [0.2, 0.25) is 0 Å². The zero-order valence-electron chi connectivity index (χ0n) is 14.6. The molecular formula is C20H23ClN2O2. The average Bonchev–Trinajstić information content (AvgIpc) is 3.11. The molecule has 1 heterocycles. The Balaban J connectivity index is 1.63. The van der Waals surface area contributed by atoms with Crippen molar-refractivity contribution in [3.05, 3.63) is 40.5 Å². The van der Waals surface area contributed by atoms with Gasteiger partial charge in [-0.15, -0.1) is 0 Å². The van der Waals surface area contributed by atoms with Crippen molar-refractivity contribution in [2.24, 2.45) is 11.8 Å². The first kappa shape index (κ1) is 16.8.